The van der Waals surface area contributed by atoms with Crippen molar-refractivity contribution in [1.29, 1.82) is 0 Å². The van der Waals surface area contributed by atoms with Crippen LogP contribution < -0.4 is 10.6 Å². The molecule has 2 heterocycles. The summed E-state index contributed by atoms with van der Waals surface area (Å²) in [6.45, 7) is 3.15. The molecule has 0 radical (unpaired) electrons. The number of carbonyl (C=O) groups excluding carboxylic acids is 2. The Morgan fingerprint density at radius 3 is 2.40 bits per heavy atom. The Morgan fingerprint density at radius 1 is 1.02 bits per heavy atom. The van der Waals surface area contributed by atoms with Crippen LogP contribution in [0, 0.1) is 12.8 Å². The second-order valence-corrected chi connectivity index (χ2v) is 12.1. The molecule has 7 nitrogen and oxygen atoms in total. The number of aliphatic hydroxyl groups is 1. The van der Waals surface area contributed by atoms with E-state index < -0.39 is 12.1 Å². The van der Waals surface area contributed by atoms with Crippen LogP contribution in [0.15, 0.2) is 90.3 Å². The Morgan fingerprint density at radius 2 is 1.71 bits per heavy atom. The molecule has 5 rings (SSSR count). The average Bonchev–Trinajstić information content (AvgIpc) is 3.65. The summed E-state index contributed by atoms with van der Waals surface area (Å²) in [7, 11) is 1.73. The summed E-state index contributed by atoms with van der Waals surface area (Å²) in [4.78, 5) is 32.7. The number of hydrogen-bond donors (Lipinski definition) is 3. The zero-order valence-corrected chi connectivity index (χ0v) is 24.9. The Bertz CT molecular complexity index is 1480. The molecule has 4 aromatic rings. The molecule has 1 aliphatic rings. The van der Waals surface area contributed by atoms with Gasteiger partial charge in [0, 0.05) is 35.3 Å². The number of rotatable bonds is 11. The van der Waals surface area contributed by atoms with Crippen LogP contribution >= 0.6 is 11.3 Å². The lowest BCUT2D eigenvalue weighted by molar-refractivity contribution is 0.0732. The fourth-order valence-corrected chi connectivity index (χ4v) is 6.45. The van der Waals surface area contributed by atoms with Crippen molar-refractivity contribution in [1.82, 2.24) is 20.5 Å². The third-order valence-electron chi connectivity index (χ3n) is 7.82. The van der Waals surface area contributed by atoms with E-state index in [2.05, 4.69) is 39.9 Å². The van der Waals surface area contributed by atoms with Gasteiger partial charge < -0.3 is 20.6 Å². The number of nitrogens with zero attached hydrogens (tertiary/aromatic N) is 2. The topological polar surface area (TPSA) is 94.6 Å². The van der Waals surface area contributed by atoms with E-state index in [0.29, 0.717) is 30.0 Å². The van der Waals surface area contributed by atoms with Crippen molar-refractivity contribution in [2.45, 2.75) is 50.9 Å². The molecule has 4 atom stereocenters. The first kappa shape index (κ1) is 29.6. The number of aryl methyl sites for hydroxylation is 1. The van der Waals surface area contributed by atoms with Gasteiger partial charge in [0.25, 0.3) is 11.8 Å². The minimum absolute atomic E-state index is 0.135. The van der Waals surface area contributed by atoms with Crippen LogP contribution in [0.4, 0.5) is 0 Å². The second-order valence-electron chi connectivity index (χ2n) is 11.2. The molecule has 3 N–H and O–H groups in total. The lowest BCUT2D eigenvalue weighted by Crippen LogP contribution is -2.52. The number of carbonyl (C=O) groups is 2. The quantitative estimate of drug-likeness (QED) is 0.240. The van der Waals surface area contributed by atoms with Crippen molar-refractivity contribution >= 4 is 23.2 Å². The summed E-state index contributed by atoms with van der Waals surface area (Å²) in [5.74, 6) is -0.0900. The molecule has 2 amide bonds. The summed E-state index contributed by atoms with van der Waals surface area (Å²) in [5, 5.41) is 21.0. The van der Waals surface area contributed by atoms with Gasteiger partial charge in [-0.1, -0.05) is 66.7 Å². The predicted molar refractivity (Wildman–Crippen MR) is 167 cm³/mol. The molecular weight excluding hydrogens is 544 g/mol. The fraction of sp³-hybridized carbons (Fsp3) is 0.324. The predicted octanol–water partition coefficient (Wildman–Crippen LogP) is 4.65. The normalized spacial score (nSPS) is 17.9. The first-order valence-electron chi connectivity index (χ1n) is 14.4. The zero-order valence-electron chi connectivity index (χ0n) is 24.1. The van der Waals surface area contributed by atoms with Gasteiger partial charge in [-0.15, -0.1) is 11.3 Å². The number of hydrogen-bond acceptors (Lipinski definition) is 6. The van der Waals surface area contributed by atoms with Crippen molar-refractivity contribution in [2.75, 3.05) is 13.6 Å². The molecule has 42 heavy (non-hydrogen) atoms. The number of nitrogens with one attached hydrogen (secondary N) is 2. The average molecular weight is 583 g/mol. The van der Waals surface area contributed by atoms with Crippen molar-refractivity contribution in [3.63, 3.8) is 0 Å². The number of aromatic nitrogens is 1. The van der Waals surface area contributed by atoms with Gasteiger partial charge in [-0.3, -0.25) is 9.59 Å². The molecule has 1 fully saturated rings. The molecule has 1 saturated heterocycles. The molecule has 0 spiro atoms. The van der Waals surface area contributed by atoms with E-state index in [1.165, 1.54) is 16.9 Å². The van der Waals surface area contributed by atoms with Gasteiger partial charge in [0.2, 0.25) is 0 Å². The van der Waals surface area contributed by atoms with E-state index in [-0.39, 0.29) is 17.9 Å². The van der Waals surface area contributed by atoms with Gasteiger partial charge in [0.15, 0.2) is 0 Å². The monoisotopic (exact) mass is 582 g/mol. The molecule has 0 aliphatic carbocycles. The minimum Gasteiger partial charge on any atom is -0.389 e. The standard InChI is InChI=1S/C34H38N4O3S/c1-23-22-42-31(36-23)21-38(2)34(41)28-15-9-14-27(19-28)33(40)37-30(17-25-12-7-4-8-13-25)32(39)29-18-26(20-35-29)16-24-10-5-3-6-11-24/h3-15,19,22,26,29-30,32,35,39H,16-18,20-21H2,1-2H3,(H,37,40)/t26-,29+,30-,32+/m0/s1. The van der Waals surface area contributed by atoms with Gasteiger partial charge in [-0.05, 0) is 68.0 Å². The first-order valence-corrected chi connectivity index (χ1v) is 15.3. The van der Waals surface area contributed by atoms with Crippen LogP contribution in [0.5, 0.6) is 0 Å². The van der Waals surface area contributed by atoms with Crippen molar-refractivity contribution in [3.05, 3.63) is 123 Å². The maximum atomic E-state index is 13.5. The molecule has 0 bridgehead atoms. The molecule has 1 aromatic heterocycles. The van der Waals surface area contributed by atoms with Gasteiger partial charge >= 0.3 is 0 Å². The Balaban J connectivity index is 1.27. The lowest BCUT2D eigenvalue weighted by atomic mass is 9.91. The maximum Gasteiger partial charge on any atom is 0.253 e. The van der Waals surface area contributed by atoms with Crippen LogP contribution in [0.1, 0.15) is 49.0 Å². The van der Waals surface area contributed by atoms with Crippen LogP contribution in [-0.4, -0.2) is 58.6 Å². The van der Waals surface area contributed by atoms with Crippen LogP contribution in [0.25, 0.3) is 0 Å². The van der Waals surface area contributed by atoms with Crippen LogP contribution in [-0.2, 0) is 19.4 Å². The lowest BCUT2D eigenvalue weighted by Gasteiger charge is -2.29. The number of amides is 2. The molecule has 1 aliphatic heterocycles. The number of thiazole rings is 1. The molecular formula is C34H38N4O3S. The molecule has 8 heteroatoms. The van der Waals surface area contributed by atoms with Gasteiger partial charge in [0.1, 0.15) is 5.01 Å². The number of aliphatic hydroxyl groups excluding tert-OH is 1. The summed E-state index contributed by atoms with van der Waals surface area (Å²) >= 11 is 1.52. The van der Waals surface area contributed by atoms with E-state index in [1.54, 1.807) is 36.2 Å². The summed E-state index contributed by atoms with van der Waals surface area (Å²) in [5.41, 5.74) is 4.06. The van der Waals surface area contributed by atoms with E-state index in [1.807, 2.05) is 48.7 Å². The van der Waals surface area contributed by atoms with Gasteiger partial charge in [-0.2, -0.15) is 0 Å². The van der Waals surface area contributed by atoms with E-state index in [0.717, 1.165) is 35.7 Å². The Labute approximate surface area is 251 Å². The fourth-order valence-electron chi connectivity index (χ4n) is 5.63. The smallest absolute Gasteiger partial charge is 0.253 e. The highest BCUT2D eigenvalue weighted by atomic mass is 32.1. The number of benzene rings is 3. The maximum absolute atomic E-state index is 13.5. The Kier molecular flexibility index (Phi) is 9.79. The largest absolute Gasteiger partial charge is 0.389 e. The molecule has 0 unspecified atom stereocenters. The van der Waals surface area contributed by atoms with E-state index in [9.17, 15) is 14.7 Å². The summed E-state index contributed by atoms with van der Waals surface area (Å²) in [6, 6.07) is 26.4. The van der Waals surface area contributed by atoms with Crippen LogP contribution in [0.2, 0.25) is 0 Å². The van der Waals surface area contributed by atoms with Crippen molar-refractivity contribution < 1.29 is 14.7 Å². The third kappa shape index (κ3) is 7.70. The minimum atomic E-state index is -0.785. The second kappa shape index (κ2) is 13.9. The highest BCUT2D eigenvalue weighted by Gasteiger charge is 2.35. The molecule has 0 saturated carbocycles. The van der Waals surface area contributed by atoms with Crippen LogP contribution in [0.3, 0.4) is 0 Å². The van der Waals surface area contributed by atoms with Crippen molar-refractivity contribution in [2.24, 2.45) is 5.92 Å². The Hall–Kier alpha value is -3.85. The summed E-state index contributed by atoms with van der Waals surface area (Å²) in [6.07, 6.45) is 1.48. The third-order valence-corrected chi connectivity index (χ3v) is 8.77. The summed E-state index contributed by atoms with van der Waals surface area (Å²) < 4.78 is 0. The van der Waals surface area contributed by atoms with Gasteiger partial charge in [0.05, 0.1) is 18.7 Å². The first-order chi connectivity index (χ1) is 20.4. The molecule has 3 aromatic carbocycles. The SMILES string of the molecule is Cc1csc(CN(C)C(=O)c2cccc(C(=O)N[C@@H](Cc3ccccc3)[C@H](O)[C@H]3C[C@H](Cc4ccccc4)CN3)c2)n1. The van der Waals surface area contributed by atoms with E-state index in [4.69, 9.17) is 0 Å². The van der Waals surface area contributed by atoms with Crippen molar-refractivity contribution in [3.8, 4) is 0 Å². The highest BCUT2D eigenvalue weighted by Crippen LogP contribution is 2.24. The zero-order chi connectivity index (χ0) is 29.5. The molecule has 218 valence electrons. The van der Waals surface area contributed by atoms with Gasteiger partial charge in [-0.25, -0.2) is 4.98 Å². The van der Waals surface area contributed by atoms with E-state index >= 15 is 0 Å². The highest BCUT2D eigenvalue weighted by molar-refractivity contribution is 7.09.